The lowest BCUT2D eigenvalue weighted by molar-refractivity contribution is -0.392. The zero-order valence-electron chi connectivity index (χ0n) is 18.0. The number of aryl methyl sites for hydroxylation is 1. The van der Waals surface area contributed by atoms with Gasteiger partial charge in [-0.25, -0.2) is 9.55 Å². The summed E-state index contributed by atoms with van der Waals surface area (Å²) < 4.78 is 17.6. The van der Waals surface area contributed by atoms with Crippen LogP contribution in [-0.2, 0) is 6.54 Å². The molecule has 0 aliphatic rings. The van der Waals surface area contributed by atoms with Crippen molar-refractivity contribution in [3.63, 3.8) is 0 Å². The first kappa shape index (κ1) is 22.5. The number of carbonyl (C=O) groups excluding carboxylic acids is 1. The van der Waals surface area contributed by atoms with E-state index in [1.54, 1.807) is 63.6 Å². The molecule has 3 rings (SSSR count). The fourth-order valence-corrected chi connectivity index (χ4v) is 3.07. The number of hydrogen-bond acceptors (Lipinski definition) is 7. The first-order valence-electron chi connectivity index (χ1n) is 9.76. The molecule has 9 heteroatoms. The molecule has 2 aromatic carbocycles. The van der Waals surface area contributed by atoms with Gasteiger partial charge in [0.05, 0.1) is 14.2 Å². The number of nitrogens with zero attached hydrogens (tertiary/aromatic N) is 3. The zero-order chi connectivity index (χ0) is 23.1. The van der Waals surface area contributed by atoms with Gasteiger partial charge in [0, 0.05) is 12.5 Å². The van der Waals surface area contributed by atoms with Crippen LogP contribution in [-0.4, -0.2) is 41.1 Å². The van der Waals surface area contributed by atoms with Gasteiger partial charge in [0.25, 0.3) is 0 Å². The number of imidazole rings is 1. The Bertz CT molecular complexity index is 1140. The van der Waals surface area contributed by atoms with Gasteiger partial charge in [0.2, 0.25) is 0 Å². The molecule has 3 aromatic rings. The van der Waals surface area contributed by atoms with Crippen LogP contribution in [0.25, 0.3) is 6.08 Å². The highest BCUT2D eigenvalue weighted by Gasteiger charge is 2.17. The third-order valence-electron chi connectivity index (χ3n) is 4.78. The number of carbonyl (C=O) groups is 1. The van der Waals surface area contributed by atoms with Crippen LogP contribution >= 0.6 is 0 Å². The molecule has 0 aliphatic heterocycles. The van der Waals surface area contributed by atoms with E-state index in [1.807, 2.05) is 6.07 Å². The highest BCUT2D eigenvalue weighted by molar-refractivity contribution is 6.06. The molecule has 0 amide bonds. The third kappa shape index (κ3) is 5.31. The topological polar surface area (TPSA) is 106 Å². The summed E-state index contributed by atoms with van der Waals surface area (Å²) in [4.78, 5) is 27.0. The summed E-state index contributed by atoms with van der Waals surface area (Å²) in [5.41, 5.74) is 1.31. The molecule has 0 saturated carbocycles. The van der Waals surface area contributed by atoms with Gasteiger partial charge >= 0.3 is 5.82 Å². The Morgan fingerprint density at radius 2 is 1.84 bits per heavy atom. The number of ether oxygens (including phenoxy) is 3. The van der Waals surface area contributed by atoms with Crippen LogP contribution in [0, 0.1) is 17.0 Å². The normalized spacial score (nSPS) is 10.8. The Hall–Kier alpha value is -4.14. The van der Waals surface area contributed by atoms with Crippen LogP contribution in [0.4, 0.5) is 5.82 Å². The van der Waals surface area contributed by atoms with Crippen LogP contribution in [0.5, 0.6) is 17.2 Å². The van der Waals surface area contributed by atoms with E-state index >= 15 is 0 Å². The van der Waals surface area contributed by atoms with E-state index in [0.29, 0.717) is 28.6 Å². The fraction of sp³-hybridized carbons (Fsp3) is 0.217. The average Bonchev–Trinajstić information content (AvgIpc) is 3.18. The number of hydrogen-bond donors (Lipinski definition) is 0. The first-order valence-corrected chi connectivity index (χ1v) is 9.76. The molecule has 166 valence electrons. The van der Waals surface area contributed by atoms with Crippen molar-refractivity contribution in [3.8, 4) is 17.2 Å². The van der Waals surface area contributed by atoms with Crippen LogP contribution in [0.3, 0.4) is 0 Å². The number of aromatic nitrogens is 2. The second-order valence-electron chi connectivity index (χ2n) is 6.76. The molecule has 0 N–H and O–H groups in total. The lowest BCUT2D eigenvalue weighted by atomic mass is 10.1. The van der Waals surface area contributed by atoms with Crippen LogP contribution in [0.2, 0.25) is 0 Å². The van der Waals surface area contributed by atoms with Crippen molar-refractivity contribution in [1.82, 2.24) is 9.55 Å². The molecule has 0 saturated heterocycles. The molecule has 0 aliphatic carbocycles. The monoisotopic (exact) mass is 437 g/mol. The molecule has 0 bridgehead atoms. The van der Waals surface area contributed by atoms with Gasteiger partial charge in [0.15, 0.2) is 23.1 Å². The predicted octanol–water partition coefficient (Wildman–Crippen LogP) is 4.09. The van der Waals surface area contributed by atoms with E-state index < -0.39 is 4.92 Å². The maximum Gasteiger partial charge on any atom is 0.342 e. The van der Waals surface area contributed by atoms with E-state index in [2.05, 4.69) is 4.98 Å². The third-order valence-corrected chi connectivity index (χ3v) is 4.78. The molecule has 32 heavy (non-hydrogen) atoms. The zero-order valence-corrected chi connectivity index (χ0v) is 18.0. The summed E-state index contributed by atoms with van der Waals surface area (Å²) in [7, 11) is 3.12. The van der Waals surface area contributed by atoms with Crippen molar-refractivity contribution in [2.24, 2.45) is 0 Å². The highest BCUT2D eigenvalue weighted by Crippen LogP contribution is 2.28. The smallest absolute Gasteiger partial charge is 0.342 e. The number of rotatable bonds is 10. The lowest BCUT2D eigenvalue weighted by Gasteiger charge is -2.08. The average molecular weight is 437 g/mol. The summed E-state index contributed by atoms with van der Waals surface area (Å²) in [5, 5.41) is 11.0. The van der Waals surface area contributed by atoms with Crippen molar-refractivity contribution < 1.29 is 23.9 Å². The van der Waals surface area contributed by atoms with E-state index in [4.69, 9.17) is 14.2 Å². The van der Waals surface area contributed by atoms with Gasteiger partial charge in [-0.2, -0.15) is 0 Å². The summed E-state index contributed by atoms with van der Waals surface area (Å²) in [6, 6.07) is 12.1. The summed E-state index contributed by atoms with van der Waals surface area (Å²) in [6.45, 7) is 2.21. The maximum atomic E-state index is 12.5. The molecule has 9 nitrogen and oxygen atoms in total. The van der Waals surface area contributed by atoms with Gasteiger partial charge < -0.3 is 24.3 Å². The largest absolute Gasteiger partial charge is 0.493 e. The lowest BCUT2D eigenvalue weighted by Crippen LogP contribution is -2.11. The van der Waals surface area contributed by atoms with Gasteiger partial charge in [-0.1, -0.05) is 12.1 Å². The molecule has 0 fully saturated rings. The SMILES string of the molecule is COc1ccc(/C=C/C(=O)c2ccc(OCCn3c([N+](=O)[O-])cnc3C)cc2)cc1OC. The maximum absolute atomic E-state index is 12.5. The minimum absolute atomic E-state index is 0.0756. The van der Waals surface area contributed by atoms with Crippen molar-refractivity contribution in [3.05, 3.63) is 81.8 Å². The van der Waals surface area contributed by atoms with Crippen molar-refractivity contribution in [2.75, 3.05) is 20.8 Å². The van der Waals surface area contributed by atoms with Crippen molar-refractivity contribution >= 4 is 17.7 Å². The second-order valence-corrected chi connectivity index (χ2v) is 6.76. The molecule has 0 spiro atoms. The fourth-order valence-electron chi connectivity index (χ4n) is 3.07. The Morgan fingerprint density at radius 1 is 1.12 bits per heavy atom. The van der Waals surface area contributed by atoms with E-state index in [-0.39, 0.29) is 24.8 Å². The van der Waals surface area contributed by atoms with Gasteiger partial charge in [0.1, 0.15) is 25.1 Å². The summed E-state index contributed by atoms with van der Waals surface area (Å²) in [6.07, 6.45) is 4.42. The first-order chi connectivity index (χ1) is 15.4. The Kier molecular flexibility index (Phi) is 7.22. The summed E-state index contributed by atoms with van der Waals surface area (Å²) in [5.74, 6) is 2.07. The van der Waals surface area contributed by atoms with Gasteiger partial charge in [-0.15, -0.1) is 0 Å². The van der Waals surface area contributed by atoms with E-state index in [9.17, 15) is 14.9 Å². The molecule has 0 atom stereocenters. The Morgan fingerprint density at radius 3 is 2.50 bits per heavy atom. The molecule has 1 aromatic heterocycles. The molecular weight excluding hydrogens is 414 g/mol. The minimum Gasteiger partial charge on any atom is -0.493 e. The number of methoxy groups -OCH3 is 2. The standard InChI is InChI=1S/C23H23N3O6/c1-16-24-15-23(26(28)29)25(16)12-13-32-19-8-6-18(7-9-19)20(27)10-4-17-5-11-21(30-2)22(14-17)31-3/h4-11,14-15H,12-13H2,1-3H3/b10-4+. The molecular formula is C23H23N3O6. The van der Waals surface area contributed by atoms with Crippen LogP contribution in [0.15, 0.2) is 54.7 Å². The number of ketones is 1. The quantitative estimate of drug-likeness (QED) is 0.203. The molecule has 0 radical (unpaired) electrons. The van der Waals surface area contributed by atoms with Crippen LogP contribution in [0.1, 0.15) is 21.7 Å². The second kappa shape index (κ2) is 10.3. The van der Waals surface area contributed by atoms with E-state index in [0.717, 1.165) is 5.56 Å². The Balaban J connectivity index is 1.58. The molecule has 0 unspecified atom stereocenters. The van der Waals surface area contributed by atoms with Gasteiger partial charge in [-0.3, -0.25) is 4.79 Å². The van der Waals surface area contributed by atoms with E-state index in [1.165, 1.54) is 16.8 Å². The van der Waals surface area contributed by atoms with Gasteiger partial charge in [-0.05, 0) is 53.0 Å². The minimum atomic E-state index is -0.476. The summed E-state index contributed by atoms with van der Waals surface area (Å²) >= 11 is 0. The number of benzene rings is 2. The number of nitro groups is 1. The Labute approximate surface area is 185 Å². The highest BCUT2D eigenvalue weighted by atomic mass is 16.6. The van der Waals surface area contributed by atoms with Crippen molar-refractivity contribution in [2.45, 2.75) is 13.5 Å². The van der Waals surface area contributed by atoms with Crippen molar-refractivity contribution in [1.29, 1.82) is 0 Å². The molecule has 1 heterocycles. The van der Waals surface area contributed by atoms with Crippen LogP contribution < -0.4 is 14.2 Å². The number of allylic oxidation sites excluding steroid dienone is 1. The predicted molar refractivity (Wildman–Crippen MR) is 118 cm³/mol.